The molecule has 0 amide bonds. The molecule has 0 bridgehead atoms. The molecular formula is C27H25ClFN5O2. The molecule has 0 spiro atoms. The number of nitrogens with one attached hydrogen (secondary N) is 2. The third-order valence-electron chi connectivity index (χ3n) is 5.85. The Labute approximate surface area is 213 Å². The number of halogens is 2. The highest BCUT2D eigenvalue weighted by Crippen LogP contribution is 2.31. The summed E-state index contributed by atoms with van der Waals surface area (Å²) in [6, 6.07) is 17.8. The van der Waals surface area contributed by atoms with Crippen LogP contribution in [0.15, 0.2) is 72.1 Å². The lowest BCUT2D eigenvalue weighted by Crippen LogP contribution is -2.25. The molecule has 1 aliphatic rings. The van der Waals surface area contributed by atoms with Gasteiger partial charge in [-0.1, -0.05) is 35.0 Å². The van der Waals surface area contributed by atoms with Crippen LogP contribution in [-0.2, 0) is 11.4 Å². The molecule has 1 fully saturated rings. The van der Waals surface area contributed by atoms with Gasteiger partial charge in [-0.15, -0.1) is 0 Å². The van der Waals surface area contributed by atoms with E-state index in [0.29, 0.717) is 29.2 Å². The molecule has 9 heteroatoms. The van der Waals surface area contributed by atoms with E-state index in [1.165, 1.54) is 24.9 Å². The topological polar surface area (TPSA) is 80.7 Å². The van der Waals surface area contributed by atoms with Crippen LogP contribution in [0.25, 0.3) is 10.9 Å². The fraction of sp³-hybridized carbons (Fsp3) is 0.222. The van der Waals surface area contributed by atoms with Gasteiger partial charge in [0, 0.05) is 17.1 Å². The zero-order valence-electron chi connectivity index (χ0n) is 19.5. The zero-order valence-corrected chi connectivity index (χ0v) is 20.2. The third kappa shape index (κ3) is 6.08. The smallest absolute Gasteiger partial charge is 0.141 e. The number of benzene rings is 3. The van der Waals surface area contributed by atoms with Gasteiger partial charge in [0.2, 0.25) is 0 Å². The zero-order chi connectivity index (χ0) is 24.7. The number of anilines is 2. The van der Waals surface area contributed by atoms with E-state index in [1.807, 2.05) is 24.3 Å². The second-order valence-corrected chi connectivity index (χ2v) is 8.92. The second-order valence-electron chi connectivity index (χ2n) is 8.51. The number of hydrogen-bond donors (Lipinski definition) is 2. The maximum Gasteiger partial charge on any atom is 0.141 e. The van der Waals surface area contributed by atoms with Crippen LogP contribution >= 0.6 is 11.6 Å². The fourth-order valence-corrected chi connectivity index (χ4v) is 4.24. The van der Waals surface area contributed by atoms with E-state index in [1.54, 1.807) is 30.5 Å². The fourth-order valence-electron chi connectivity index (χ4n) is 4.00. The number of aromatic nitrogens is 2. The maximum absolute atomic E-state index is 13.4. The molecule has 0 saturated carbocycles. The second kappa shape index (κ2) is 11.3. The van der Waals surface area contributed by atoms with Crippen molar-refractivity contribution in [3.05, 3.63) is 89.0 Å². The van der Waals surface area contributed by atoms with Crippen molar-refractivity contribution in [1.82, 2.24) is 15.3 Å². The average Bonchev–Trinajstić information content (AvgIpc) is 3.40. The van der Waals surface area contributed by atoms with Gasteiger partial charge in [0.25, 0.3) is 0 Å². The Bertz CT molecular complexity index is 1380. The molecule has 5 rings (SSSR count). The van der Waals surface area contributed by atoms with E-state index in [-0.39, 0.29) is 12.4 Å². The Hall–Kier alpha value is -3.75. The van der Waals surface area contributed by atoms with Gasteiger partial charge in [-0.3, -0.25) is 0 Å². The summed E-state index contributed by atoms with van der Waals surface area (Å²) in [6.07, 6.45) is 5.48. The molecule has 1 aromatic heterocycles. The average molecular weight is 506 g/mol. The van der Waals surface area contributed by atoms with E-state index in [9.17, 15) is 4.39 Å². The Balaban J connectivity index is 1.27. The van der Waals surface area contributed by atoms with E-state index in [0.717, 1.165) is 40.7 Å². The van der Waals surface area contributed by atoms with Crippen LogP contribution in [0.4, 0.5) is 15.9 Å². The maximum atomic E-state index is 13.4. The summed E-state index contributed by atoms with van der Waals surface area (Å²) in [6.45, 7) is 1.81. The van der Waals surface area contributed by atoms with Gasteiger partial charge < -0.3 is 20.2 Å². The Kier molecular flexibility index (Phi) is 7.54. The van der Waals surface area contributed by atoms with Crippen LogP contribution in [0.1, 0.15) is 24.0 Å². The lowest BCUT2D eigenvalue weighted by molar-refractivity contribution is 0.126. The highest BCUT2D eigenvalue weighted by Gasteiger charge is 2.14. The van der Waals surface area contributed by atoms with Crippen LogP contribution in [0.5, 0.6) is 5.75 Å². The summed E-state index contributed by atoms with van der Waals surface area (Å²) >= 11 is 6.45. The Morgan fingerprint density at radius 2 is 2.08 bits per heavy atom. The van der Waals surface area contributed by atoms with Crippen molar-refractivity contribution in [2.45, 2.75) is 25.5 Å². The highest BCUT2D eigenvalue weighted by atomic mass is 35.5. The van der Waals surface area contributed by atoms with Crippen LogP contribution in [0.2, 0.25) is 5.02 Å². The lowest BCUT2D eigenvalue weighted by Gasteiger charge is -2.12. The van der Waals surface area contributed by atoms with Gasteiger partial charge in [-0.2, -0.15) is 0 Å². The first-order chi connectivity index (χ1) is 17.6. The van der Waals surface area contributed by atoms with Crippen LogP contribution < -0.4 is 15.4 Å². The van der Waals surface area contributed by atoms with Crippen molar-refractivity contribution in [3.8, 4) is 5.75 Å². The molecular weight excluding hydrogens is 481 g/mol. The van der Waals surface area contributed by atoms with Gasteiger partial charge >= 0.3 is 0 Å². The predicted molar refractivity (Wildman–Crippen MR) is 140 cm³/mol. The molecule has 7 nitrogen and oxygen atoms in total. The largest absolute Gasteiger partial charge is 0.487 e. The monoisotopic (exact) mass is 505 g/mol. The van der Waals surface area contributed by atoms with E-state index in [2.05, 4.69) is 25.8 Å². The normalized spacial score (nSPS) is 15.4. The summed E-state index contributed by atoms with van der Waals surface area (Å²) in [5.41, 5.74) is 3.13. The quantitative estimate of drug-likeness (QED) is 0.219. The molecule has 1 aliphatic heterocycles. The minimum Gasteiger partial charge on any atom is -0.487 e. The van der Waals surface area contributed by atoms with Gasteiger partial charge in [0.05, 0.1) is 16.8 Å². The minimum absolute atomic E-state index is 0.214. The SMILES string of the molecule is Fc1cccc(COc2ccc(Nc3ncnc4ccc(/C=N/OC[C@@H]5CCCN5)cc34)cc2Cl)c1. The molecule has 4 aromatic rings. The number of nitrogens with zero attached hydrogens (tertiary/aromatic N) is 3. The molecule has 3 aromatic carbocycles. The Morgan fingerprint density at radius 1 is 1.14 bits per heavy atom. The third-order valence-corrected chi connectivity index (χ3v) is 6.15. The van der Waals surface area contributed by atoms with Crippen molar-refractivity contribution >= 4 is 40.2 Å². The van der Waals surface area contributed by atoms with E-state index >= 15 is 0 Å². The summed E-state index contributed by atoms with van der Waals surface area (Å²) < 4.78 is 19.2. The number of oxime groups is 1. The first-order valence-electron chi connectivity index (χ1n) is 11.7. The molecule has 184 valence electrons. The number of rotatable bonds is 9. The van der Waals surface area contributed by atoms with Crippen molar-refractivity contribution in [2.75, 3.05) is 18.5 Å². The predicted octanol–water partition coefficient (Wildman–Crippen LogP) is 5.85. The first-order valence-corrected chi connectivity index (χ1v) is 12.1. The highest BCUT2D eigenvalue weighted by molar-refractivity contribution is 6.32. The van der Waals surface area contributed by atoms with Crippen molar-refractivity contribution < 1.29 is 14.0 Å². The van der Waals surface area contributed by atoms with Crippen molar-refractivity contribution in [2.24, 2.45) is 5.16 Å². The summed E-state index contributed by atoms with van der Waals surface area (Å²) in [5, 5.41) is 12.1. The van der Waals surface area contributed by atoms with Crippen LogP contribution in [0, 0.1) is 5.82 Å². The van der Waals surface area contributed by atoms with Crippen molar-refractivity contribution in [1.29, 1.82) is 0 Å². The van der Waals surface area contributed by atoms with E-state index in [4.69, 9.17) is 21.2 Å². The lowest BCUT2D eigenvalue weighted by atomic mass is 10.1. The van der Waals surface area contributed by atoms with Gasteiger partial charge in [-0.25, -0.2) is 14.4 Å². The first kappa shape index (κ1) is 24.0. The molecule has 1 atom stereocenters. The van der Waals surface area contributed by atoms with Crippen LogP contribution in [-0.4, -0.2) is 35.4 Å². The molecule has 2 N–H and O–H groups in total. The molecule has 0 unspecified atom stereocenters. The van der Waals surface area contributed by atoms with Gasteiger partial charge in [-0.05, 0) is 73.0 Å². The van der Waals surface area contributed by atoms with Crippen LogP contribution in [0.3, 0.4) is 0 Å². The molecule has 2 heterocycles. The van der Waals surface area contributed by atoms with Gasteiger partial charge in [0.1, 0.15) is 36.9 Å². The number of fused-ring (bicyclic) bond motifs is 1. The summed E-state index contributed by atoms with van der Waals surface area (Å²) in [7, 11) is 0. The molecule has 0 aliphatic carbocycles. The molecule has 36 heavy (non-hydrogen) atoms. The van der Waals surface area contributed by atoms with E-state index < -0.39 is 0 Å². The molecule has 0 radical (unpaired) electrons. The molecule has 1 saturated heterocycles. The van der Waals surface area contributed by atoms with Gasteiger partial charge in [0.15, 0.2) is 0 Å². The standard InChI is InChI=1S/C27H25ClFN5O2/c28-24-13-21(7-9-26(24)35-15-19-3-1-4-20(29)11-19)34-27-23-12-18(6-8-25(23)31-17-32-27)14-33-36-16-22-5-2-10-30-22/h1,3-4,6-9,11-14,17,22,30H,2,5,10,15-16H2,(H,31,32,34)/b33-14+/t22-/m0/s1. The van der Waals surface area contributed by atoms with Crippen molar-refractivity contribution in [3.63, 3.8) is 0 Å². The number of ether oxygens (including phenoxy) is 1. The summed E-state index contributed by atoms with van der Waals surface area (Å²) in [4.78, 5) is 14.2. The minimum atomic E-state index is -0.304. The Morgan fingerprint density at radius 3 is 2.92 bits per heavy atom. The summed E-state index contributed by atoms with van der Waals surface area (Å²) in [5.74, 6) is 0.836. The number of hydrogen-bond acceptors (Lipinski definition) is 7.